The van der Waals surface area contributed by atoms with Crippen LogP contribution < -0.4 is 5.32 Å². The third-order valence-corrected chi connectivity index (χ3v) is 4.81. The quantitative estimate of drug-likeness (QED) is 0.759. The summed E-state index contributed by atoms with van der Waals surface area (Å²) in [4.78, 5) is 27.0. The number of carboxylic acid groups (broad SMARTS) is 1. The summed E-state index contributed by atoms with van der Waals surface area (Å²) >= 11 is 3.39. The van der Waals surface area contributed by atoms with Crippen molar-refractivity contribution in [2.24, 2.45) is 5.41 Å². The Hall–Kier alpha value is -1.86. The third-order valence-electron chi connectivity index (χ3n) is 4.32. The molecule has 23 heavy (non-hydrogen) atoms. The van der Waals surface area contributed by atoms with Gasteiger partial charge in [-0.2, -0.15) is 0 Å². The summed E-state index contributed by atoms with van der Waals surface area (Å²) in [6.07, 6.45) is 0.810. The first-order chi connectivity index (χ1) is 11.0. The fourth-order valence-corrected chi connectivity index (χ4v) is 3.16. The number of aromatic amines is 1. The fraction of sp³-hybridized carbons (Fsp3) is 0.375. The van der Waals surface area contributed by atoms with E-state index in [2.05, 4.69) is 26.2 Å². The number of H-pyrrole nitrogens is 1. The number of amides is 1. The highest BCUT2D eigenvalue weighted by molar-refractivity contribution is 9.10. The molecule has 1 aliphatic rings. The van der Waals surface area contributed by atoms with Crippen molar-refractivity contribution in [3.8, 4) is 0 Å². The van der Waals surface area contributed by atoms with Gasteiger partial charge in [-0.25, -0.2) is 0 Å². The van der Waals surface area contributed by atoms with E-state index in [-0.39, 0.29) is 12.5 Å². The number of aromatic nitrogens is 1. The summed E-state index contributed by atoms with van der Waals surface area (Å²) in [5.41, 5.74) is 0.331. The summed E-state index contributed by atoms with van der Waals surface area (Å²) in [6.45, 7) is 0.911. The lowest BCUT2D eigenvalue weighted by Crippen LogP contribution is -2.46. The maximum atomic E-state index is 12.3. The molecular weight excluding hydrogens is 364 g/mol. The molecular formula is C16H17BrN2O4. The zero-order valence-corrected chi connectivity index (χ0v) is 14.0. The van der Waals surface area contributed by atoms with E-state index in [0.717, 1.165) is 15.4 Å². The normalized spacial score (nSPS) is 17.1. The van der Waals surface area contributed by atoms with Gasteiger partial charge < -0.3 is 20.1 Å². The fourth-order valence-electron chi connectivity index (χ4n) is 2.79. The minimum absolute atomic E-state index is 0.101. The Labute approximate surface area is 141 Å². The molecule has 0 atom stereocenters. The second-order valence-corrected chi connectivity index (χ2v) is 6.71. The molecule has 122 valence electrons. The highest BCUT2D eigenvalue weighted by atomic mass is 79.9. The Kier molecular flexibility index (Phi) is 4.41. The zero-order chi connectivity index (χ0) is 16.4. The molecule has 3 rings (SSSR count). The monoisotopic (exact) mass is 380 g/mol. The van der Waals surface area contributed by atoms with Crippen LogP contribution in [0.3, 0.4) is 0 Å². The summed E-state index contributed by atoms with van der Waals surface area (Å²) in [7, 11) is 0. The number of rotatable bonds is 4. The number of hydrogen-bond donors (Lipinski definition) is 3. The van der Waals surface area contributed by atoms with Crippen LogP contribution in [0.2, 0.25) is 0 Å². The van der Waals surface area contributed by atoms with Crippen LogP contribution >= 0.6 is 15.9 Å². The van der Waals surface area contributed by atoms with Gasteiger partial charge in [0.1, 0.15) is 5.69 Å². The zero-order valence-electron chi connectivity index (χ0n) is 12.4. The molecule has 0 bridgehead atoms. The van der Waals surface area contributed by atoms with Gasteiger partial charge in [-0.1, -0.05) is 22.0 Å². The number of carbonyl (C=O) groups excluding carboxylic acids is 1. The van der Waals surface area contributed by atoms with E-state index >= 15 is 0 Å². The van der Waals surface area contributed by atoms with Gasteiger partial charge in [0.05, 0.1) is 5.41 Å². The molecule has 6 nitrogen and oxygen atoms in total. The number of hydrogen-bond acceptors (Lipinski definition) is 3. The van der Waals surface area contributed by atoms with Gasteiger partial charge in [0.25, 0.3) is 5.91 Å². The molecule has 0 radical (unpaired) electrons. The lowest BCUT2D eigenvalue weighted by atomic mass is 9.80. The lowest BCUT2D eigenvalue weighted by molar-refractivity contribution is -0.154. The van der Waals surface area contributed by atoms with Crippen LogP contribution in [0.4, 0.5) is 0 Å². The van der Waals surface area contributed by atoms with E-state index in [9.17, 15) is 14.7 Å². The lowest BCUT2D eigenvalue weighted by Gasteiger charge is -2.33. The van der Waals surface area contributed by atoms with Gasteiger partial charge in [0, 0.05) is 35.1 Å². The highest BCUT2D eigenvalue weighted by Gasteiger charge is 2.40. The number of ether oxygens (including phenoxy) is 1. The molecule has 3 N–H and O–H groups in total. The molecule has 2 aromatic rings. The van der Waals surface area contributed by atoms with E-state index in [0.29, 0.717) is 31.7 Å². The van der Waals surface area contributed by atoms with Crippen molar-refractivity contribution in [1.29, 1.82) is 0 Å². The average Bonchev–Trinajstić information content (AvgIpc) is 2.96. The van der Waals surface area contributed by atoms with E-state index in [1.54, 1.807) is 6.07 Å². The molecule has 1 aliphatic heterocycles. The summed E-state index contributed by atoms with van der Waals surface area (Å²) in [5.74, 6) is -1.19. The highest BCUT2D eigenvalue weighted by Crippen LogP contribution is 2.30. The van der Waals surface area contributed by atoms with Crippen LogP contribution in [0.1, 0.15) is 23.3 Å². The summed E-state index contributed by atoms with van der Waals surface area (Å²) in [6, 6.07) is 7.46. The second-order valence-electron chi connectivity index (χ2n) is 5.80. The topological polar surface area (TPSA) is 91.4 Å². The minimum Gasteiger partial charge on any atom is -0.481 e. The Balaban J connectivity index is 1.73. The second kappa shape index (κ2) is 6.33. The maximum absolute atomic E-state index is 12.3. The first-order valence-corrected chi connectivity index (χ1v) is 8.17. The molecule has 2 heterocycles. The molecule has 0 unspecified atom stereocenters. The van der Waals surface area contributed by atoms with Crippen molar-refractivity contribution < 1.29 is 19.4 Å². The number of carbonyl (C=O) groups is 2. The molecule has 1 aromatic heterocycles. The molecule has 0 saturated carbocycles. The minimum atomic E-state index is -0.942. The van der Waals surface area contributed by atoms with Crippen molar-refractivity contribution in [3.05, 3.63) is 34.4 Å². The number of nitrogens with one attached hydrogen (secondary N) is 2. The number of fused-ring (bicyclic) bond motifs is 1. The summed E-state index contributed by atoms with van der Waals surface area (Å²) < 4.78 is 6.15. The van der Waals surface area contributed by atoms with E-state index in [1.807, 2.05) is 18.2 Å². The molecule has 0 aliphatic carbocycles. The Morgan fingerprint density at radius 2 is 2.04 bits per heavy atom. The van der Waals surface area contributed by atoms with Crippen molar-refractivity contribution in [3.63, 3.8) is 0 Å². The van der Waals surface area contributed by atoms with Crippen LogP contribution in [0.5, 0.6) is 0 Å². The van der Waals surface area contributed by atoms with Crippen LogP contribution in [-0.2, 0) is 9.53 Å². The van der Waals surface area contributed by atoms with Gasteiger partial charge in [-0.3, -0.25) is 9.59 Å². The smallest absolute Gasteiger partial charge is 0.311 e. The first-order valence-electron chi connectivity index (χ1n) is 7.38. The number of halogens is 1. The van der Waals surface area contributed by atoms with Crippen LogP contribution in [0.25, 0.3) is 10.9 Å². The van der Waals surface area contributed by atoms with Crippen LogP contribution in [-0.4, -0.2) is 41.7 Å². The molecule has 1 saturated heterocycles. The van der Waals surface area contributed by atoms with Crippen molar-refractivity contribution in [2.75, 3.05) is 19.8 Å². The number of aliphatic carboxylic acids is 1. The Morgan fingerprint density at radius 1 is 1.30 bits per heavy atom. The standard InChI is InChI=1S/C16H17BrN2O4/c17-11-2-1-10-7-13(19-12(10)8-11)14(20)18-9-16(15(21)22)3-5-23-6-4-16/h1-2,7-8,19H,3-6,9H2,(H,18,20)(H,21,22). The largest absolute Gasteiger partial charge is 0.481 e. The Bertz CT molecular complexity index is 750. The third kappa shape index (κ3) is 3.25. The van der Waals surface area contributed by atoms with Gasteiger partial charge in [0.2, 0.25) is 0 Å². The maximum Gasteiger partial charge on any atom is 0.311 e. The van der Waals surface area contributed by atoms with Crippen LogP contribution in [0.15, 0.2) is 28.7 Å². The Morgan fingerprint density at radius 3 is 2.74 bits per heavy atom. The molecule has 1 fully saturated rings. The van der Waals surface area contributed by atoms with Gasteiger partial charge in [-0.05, 0) is 31.0 Å². The average molecular weight is 381 g/mol. The van der Waals surface area contributed by atoms with E-state index < -0.39 is 11.4 Å². The van der Waals surface area contributed by atoms with Crippen molar-refractivity contribution in [1.82, 2.24) is 10.3 Å². The predicted octanol–water partition coefficient (Wildman–Crippen LogP) is 2.54. The SMILES string of the molecule is O=C(NCC1(C(=O)O)CCOCC1)c1cc2ccc(Br)cc2[nH]1. The molecule has 1 aromatic carbocycles. The molecule has 7 heteroatoms. The molecule has 1 amide bonds. The number of benzene rings is 1. The van der Waals surface area contributed by atoms with Crippen molar-refractivity contribution in [2.45, 2.75) is 12.8 Å². The number of carboxylic acids is 1. The molecule has 0 spiro atoms. The predicted molar refractivity (Wildman–Crippen MR) is 88.5 cm³/mol. The van der Waals surface area contributed by atoms with E-state index in [4.69, 9.17) is 4.74 Å². The van der Waals surface area contributed by atoms with Crippen LogP contribution in [0, 0.1) is 5.41 Å². The summed E-state index contributed by atoms with van der Waals surface area (Å²) in [5, 5.41) is 13.2. The van der Waals surface area contributed by atoms with Gasteiger partial charge in [-0.15, -0.1) is 0 Å². The van der Waals surface area contributed by atoms with E-state index in [1.165, 1.54) is 0 Å². The van der Waals surface area contributed by atoms with Crippen molar-refractivity contribution >= 4 is 38.7 Å². The van der Waals surface area contributed by atoms with Gasteiger partial charge in [0.15, 0.2) is 0 Å². The first kappa shape index (κ1) is 16.0. The van der Waals surface area contributed by atoms with Gasteiger partial charge >= 0.3 is 5.97 Å².